The van der Waals surface area contributed by atoms with Gasteiger partial charge in [0.25, 0.3) is 5.91 Å². The predicted molar refractivity (Wildman–Crippen MR) is 106 cm³/mol. The van der Waals surface area contributed by atoms with E-state index in [4.69, 9.17) is 9.47 Å². The van der Waals surface area contributed by atoms with E-state index in [9.17, 15) is 19.2 Å². The molecule has 8 nitrogen and oxygen atoms in total. The van der Waals surface area contributed by atoms with Crippen LogP contribution in [0.1, 0.15) is 55.8 Å². The molecule has 0 aromatic heterocycles. The fourth-order valence-corrected chi connectivity index (χ4v) is 2.83. The normalized spacial score (nSPS) is 14.1. The van der Waals surface area contributed by atoms with E-state index in [1.165, 1.54) is 4.90 Å². The van der Waals surface area contributed by atoms with Crippen molar-refractivity contribution in [3.8, 4) is 0 Å². The van der Waals surface area contributed by atoms with Gasteiger partial charge in [0.1, 0.15) is 6.54 Å². The van der Waals surface area contributed by atoms with Gasteiger partial charge in [0.15, 0.2) is 6.61 Å². The maximum atomic E-state index is 12.0. The molecule has 2 amide bonds. The minimum atomic E-state index is -0.611. The van der Waals surface area contributed by atoms with E-state index < -0.39 is 24.5 Å². The number of benzene rings is 1. The molecule has 1 N–H and O–H groups in total. The van der Waals surface area contributed by atoms with Gasteiger partial charge in [-0.1, -0.05) is 19.8 Å². The molecule has 0 atom stereocenters. The van der Waals surface area contributed by atoms with E-state index in [-0.39, 0.29) is 12.5 Å². The first-order chi connectivity index (χ1) is 14.0. The van der Waals surface area contributed by atoms with Gasteiger partial charge in [-0.2, -0.15) is 0 Å². The number of hydrogen-bond acceptors (Lipinski definition) is 6. The highest BCUT2D eigenvalue weighted by Gasteiger charge is 2.20. The van der Waals surface area contributed by atoms with E-state index in [1.54, 1.807) is 24.3 Å². The molecule has 1 heterocycles. The largest absolute Gasteiger partial charge is 0.462 e. The van der Waals surface area contributed by atoms with Gasteiger partial charge in [-0.3, -0.25) is 14.4 Å². The molecule has 1 aliphatic rings. The zero-order valence-corrected chi connectivity index (χ0v) is 16.8. The molecule has 1 aromatic carbocycles. The highest BCUT2D eigenvalue weighted by atomic mass is 16.5. The lowest BCUT2D eigenvalue weighted by atomic mass is 10.2. The highest BCUT2D eigenvalue weighted by Crippen LogP contribution is 2.12. The molecule has 0 bridgehead atoms. The van der Waals surface area contributed by atoms with E-state index >= 15 is 0 Å². The summed E-state index contributed by atoms with van der Waals surface area (Å²) >= 11 is 0. The van der Waals surface area contributed by atoms with Crippen molar-refractivity contribution in [2.45, 2.75) is 45.4 Å². The average molecular weight is 404 g/mol. The monoisotopic (exact) mass is 404 g/mol. The van der Waals surface area contributed by atoms with Crippen LogP contribution in [-0.4, -0.2) is 55.0 Å². The lowest BCUT2D eigenvalue weighted by molar-refractivity contribution is -0.151. The number of nitrogens with zero attached hydrogens (tertiary/aromatic N) is 1. The lowest BCUT2D eigenvalue weighted by Crippen LogP contribution is -2.36. The number of carbonyl (C=O) groups is 4. The quantitative estimate of drug-likeness (QED) is 0.501. The Balaban J connectivity index is 1.73. The summed E-state index contributed by atoms with van der Waals surface area (Å²) < 4.78 is 10.1. The SMILES string of the molecule is CCCCOC(=O)c1ccc(NC(=O)COC(=O)CN2CCCCCC2=O)cc1. The molecular formula is C21H28N2O6. The third-order valence-electron chi connectivity index (χ3n) is 4.49. The van der Waals surface area contributed by atoms with Gasteiger partial charge in [0.2, 0.25) is 5.91 Å². The maximum Gasteiger partial charge on any atom is 0.338 e. The van der Waals surface area contributed by atoms with Gasteiger partial charge in [-0.05, 0) is 43.5 Å². The number of carbonyl (C=O) groups excluding carboxylic acids is 4. The number of ether oxygens (including phenoxy) is 2. The Labute approximate surface area is 170 Å². The zero-order chi connectivity index (χ0) is 21.1. The molecule has 1 fully saturated rings. The smallest absolute Gasteiger partial charge is 0.338 e. The first kappa shape index (κ1) is 22.4. The molecule has 0 aliphatic carbocycles. The lowest BCUT2D eigenvalue weighted by Gasteiger charge is -2.19. The Morgan fingerprint density at radius 3 is 2.55 bits per heavy atom. The van der Waals surface area contributed by atoms with Gasteiger partial charge in [-0.25, -0.2) is 4.79 Å². The molecular weight excluding hydrogens is 376 g/mol. The highest BCUT2D eigenvalue weighted by molar-refractivity contribution is 5.94. The molecule has 1 aromatic rings. The van der Waals surface area contributed by atoms with Crippen LogP contribution in [0.5, 0.6) is 0 Å². The van der Waals surface area contributed by atoms with Crippen LogP contribution in [0, 0.1) is 0 Å². The summed E-state index contributed by atoms with van der Waals surface area (Å²) in [6.45, 7) is 2.34. The minimum Gasteiger partial charge on any atom is -0.462 e. The summed E-state index contributed by atoms with van der Waals surface area (Å²) in [5.74, 6) is -1.58. The second-order valence-electron chi connectivity index (χ2n) is 6.90. The second-order valence-corrected chi connectivity index (χ2v) is 6.90. The Bertz CT molecular complexity index is 716. The van der Waals surface area contributed by atoms with Crippen LogP contribution < -0.4 is 5.32 Å². The van der Waals surface area contributed by atoms with Gasteiger partial charge >= 0.3 is 11.9 Å². The van der Waals surface area contributed by atoms with Crippen molar-refractivity contribution in [2.24, 2.45) is 0 Å². The van der Waals surface area contributed by atoms with Crippen LogP contribution in [0.2, 0.25) is 0 Å². The fourth-order valence-electron chi connectivity index (χ4n) is 2.83. The van der Waals surface area contributed by atoms with Crippen molar-refractivity contribution >= 4 is 29.4 Å². The topological polar surface area (TPSA) is 102 Å². The third-order valence-corrected chi connectivity index (χ3v) is 4.49. The zero-order valence-electron chi connectivity index (χ0n) is 16.8. The molecule has 0 saturated carbocycles. The Hall–Kier alpha value is -2.90. The maximum absolute atomic E-state index is 12.0. The summed E-state index contributed by atoms with van der Waals surface area (Å²) in [6, 6.07) is 6.26. The average Bonchev–Trinajstić information content (AvgIpc) is 2.91. The molecule has 0 spiro atoms. The van der Waals surface area contributed by atoms with Crippen LogP contribution in [0.15, 0.2) is 24.3 Å². The van der Waals surface area contributed by atoms with Crippen molar-refractivity contribution < 1.29 is 28.7 Å². The summed E-state index contributed by atoms with van der Waals surface area (Å²) in [6.07, 6.45) is 4.86. The third kappa shape index (κ3) is 7.93. The number of likely N-dealkylation sites (tertiary alicyclic amines) is 1. The Kier molecular flexibility index (Phi) is 9.14. The van der Waals surface area contributed by atoms with E-state index in [2.05, 4.69) is 5.32 Å². The summed E-state index contributed by atoms with van der Waals surface area (Å²) in [4.78, 5) is 49.1. The summed E-state index contributed by atoms with van der Waals surface area (Å²) in [5, 5.41) is 2.59. The van der Waals surface area contributed by atoms with Crippen molar-refractivity contribution in [2.75, 3.05) is 31.6 Å². The number of rotatable bonds is 9. The van der Waals surface area contributed by atoms with Crippen molar-refractivity contribution in [3.63, 3.8) is 0 Å². The number of esters is 2. The van der Waals surface area contributed by atoms with Crippen LogP contribution in [0.4, 0.5) is 5.69 Å². The molecule has 2 rings (SSSR count). The molecule has 8 heteroatoms. The number of unbranched alkanes of at least 4 members (excludes halogenated alkanes) is 1. The standard InChI is InChI=1S/C21H28N2O6/c1-2-3-13-28-21(27)16-8-10-17(11-9-16)22-18(24)15-29-20(26)14-23-12-6-4-5-7-19(23)25/h8-11H,2-7,12-15H2,1H3,(H,22,24). The first-order valence-electron chi connectivity index (χ1n) is 10.00. The molecule has 158 valence electrons. The number of anilines is 1. The van der Waals surface area contributed by atoms with Gasteiger partial charge in [0.05, 0.1) is 12.2 Å². The summed E-state index contributed by atoms with van der Waals surface area (Å²) in [7, 11) is 0. The number of hydrogen-bond donors (Lipinski definition) is 1. The van der Waals surface area contributed by atoms with Gasteiger partial charge < -0.3 is 19.7 Å². The second kappa shape index (κ2) is 11.8. The van der Waals surface area contributed by atoms with Gasteiger partial charge in [0, 0.05) is 18.7 Å². The predicted octanol–water partition coefficient (Wildman–Crippen LogP) is 2.53. The molecule has 0 radical (unpaired) electrons. The van der Waals surface area contributed by atoms with E-state index in [1.807, 2.05) is 6.92 Å². The first-order valence-corrected chi connectivity index (χ1v) is 10.00. The molecule has 1 aliphatic heterocycles. The van der Waals surface area contributed by atoms with Crippen LogP contribution in [0.25, 0.3) is 0 Å². The molecule has 29 heavy (non-hydrogen) atoms. The van der Waals surface area contributed by atoms with Crippen LogP contribution in [-0.2, 0) is 23.9 Å². The molecule has 1 saturated heterocycles. The van der Waals surface area contributed by atoms with Gasteiger partial charge in [-0.15, -0.1) is 0 Å². The Morgan fingerprint density at radius 2 is 1.83 bits per heavy atom. The summed E-state index contributed by atoms with van der Waals surface area (Å²) in [5.41, 5.74) is 0.867. The van der Waals surface area contributed by atoms with Crippen molar-refractivity contribution in [3.05, 3.63) is 29.8 Å². The molecule has 0 unspecified atom stereocenters. The van der Waals surface area contributed by atoms with Crippen molar-refractivity contribution in [1.82, 2.24) is 4.90 Å². The van der Waals surface area contributed by atoms with Crippen LogP contribution >= 0.6 is 0 Å². The number of amides is 2. The van der Waals surface area contributed by atoms with Crippen molar-refractivity contribution in [1.29, 1.82) is 0 Å². The minimum absolute atomic E-state index is 0.0581. The Morgan fingerprint density at radius 1 is 1.07 bits per heavy atom. The van der Waals surface area contributed by atoms with Crippen LogP contribution in [0.3, 0.4) is 0 Å². The number of nitrogens with one attached hydrogen (secondary N) is 1. The fraction of sp³-hybridized carbons (Fsp3) is 0.524. The van der Waals surface area contributed by atoms with E-state index in [0.29, 0.717) is 30.8 Å². The van der Waals surface area contributed by atoms with E-state index in [0.717, 1.165) is 32.1 Å².